The molecule has 0 heterocycles. The molecule has 86 valence electrons. The number of hydrogen-bond acceptors (Lipinski definition) is 2. The molecule has 1 saturated carbocycles. The van der Waals surface area contributed by atoms with Crippen LogP contribution in [0.1, 0.15) is 35.2 Å². The molecule has 1 aliphatic carbocycles. The van der Waals surface area contributed by atoms with Crippen molar-refractivity contribution in [2.45, 2.75) is 24.7 Å². The van der Waals surface area contributed by atoms with Crippen LogP contribution in [0.15, 0.2) is 24.3 Å². The summed E-state index contributed by atoms with van der Waals surface area (Å²) in [6, 6.07) is 7.26. The van der Waals surface area contributed by atoms with Crippen LogP contribution in [0.2, 0.25) is 0 Å². The molecule has 1 aromatic carbocycles. The first-order chi connectivity index (χ1) is 7.69. The largest absolute Gasteiger partial charge is 0.478 e. The van der Waals surface area contributed by atoms with Gasteiger partial charge in [0, 0.05) is 12.5 Å². The topological polar surface area (TPSA) is 46.5 Å². The van der Waals surface area contributed by atoms with Crippen molar-refractivity contribution in [2.75, 3.05) is 13.7 Å². The first-order valence-electron chi connectivity index (χ1n) is 5.51. The fourth-order valence-electron chi connectivity index (χ4n) is 2.50. The molecule has 0 spiro atoms. The summed E-state index contributed by atoms with van der Waals surface area (Å²) in [4.78, 5) is 11.2. The van der Waals surface area contributed by atoms with E-state index in [4.69, 9.17) is 4.74 Å². The van der Waals surface area contributed by atoms with E-state index >= 15 is 0 Å². The van der Waals surface area contributed by atoms with Gasteiger partial charge in [0.2, 0.25) is 0 Å². The zero-order chi connectivity index (χ0) is 11.6. The molecule has 1 fully saturated rings. The molecule has 0 aliphatic heterocycles. The van der Waals surface area contributed by atoms with E-state index in [2.05, 4.69) is 0 Å². The van der Waals surface area contributed by atoms with E-state index < -0.39 is 5.97 Å². The van der Waals surface area contributed by atoms with Gasteiger partial charge in [0.25, 0.3) is 0 Å². The summed E-state index contributed by atoms with van der Waals surface area (Å²) in [6.07, 6.45) is 3.19. The molecule has 1 aliphatic rings. The van der Waals surface area contributed by atoms with Crippen LogP contribution in [-0.4, -0.2) is 24.8 Å². The SMILES string of the molecule is COCC1(c2ccccc2C(=O)O)CCC1. The van der Waals surface area contributed by atoms with Crippen LogP contribution < -0.4 is 0 Å². The van der Waals surface area contributed by atoms with Crippen molar-refractivity contribution in [3.8, 4) is 0 Å². The Morgan fingerprint density at radius 1 is 1.44 bits per heavy atom. The molecule has 3 nitrogen and oxygen atoms in total. The molecule has 16 heavy (non-hydrogen) atoms. The van der Waals surface area contributed by atoms with Crippen LogP contribution in [0.4, 0.5) is 0 Å². The highest BCUT2D eigenvalue weighted by molar-refractivity contribution is 5.90. The predicted molar refractivity (Wildman–Crippen MR) is 60.8 cm³/mol. The molecule has 0 unspecified atom stereocenters. The molecule has 0 saturated heterocycles. The van der Waals surface area contributed by atoms with Crippen molar-refractivity contribution in [3.05, 3.63) is 35.4 Å². The Balaban J connectivity index is 2.41. The summed E-state index contributed by atoms with van der Waals surface area (Å²) < 4.78 is 5.25. The average Bonchev–Trinajstić information content (AvgIpc) is 2.23. The summed E-state index contributed by atoms with van der Waals surface area (Å²) in [5.74, 6) is -0.849. The summed E-state index contributed by atoms with van der Waals surface area (Å²) >= 11 is 0. The number of rotatable bonds is 4. The van der Waals surface area contributed by atoms with Crippen molar-refractivity contribution in [1.82, 2.24) is 0 Å². The lowest BCUT2D eigenvalue weighted by Crippen LogP contribution is -2.40. The van der Waals surface area contributed by atoms with Gasteiger partial charge in [0.1, 0.15) is 0 Å². The van der Waals surface area contributed by atoms with Crippen LogP contribution >= 0.6 is 0 Å². The fraction of sp³-hybridized carbons (Fsp3) is 0.462. The molecular weight excluding hydrogens is 204 g/mol. The van der Waals surface area contributed by atoms with Crippen molar-refractivity contribution in [1.29, 1.82) is 0 Å². The third-order valence-electron chi connectivity index (χ3n) is 3.46. The summed E-state index contributed by atoms with van der Waals surface area (Å²) in [6.45, 7) is 0.608. The highest BCUT2D eigenvalue weighted by atomic mass is 16.5. The third-order valence-corrected chi connectivity index (χ3v) is 3.46. The highest BCUT2D eigenvalue weighted by Gasteiger charge is 2.40. The molecule has 0 atom stereocenters. The van der Waals surface area contributed by atoms with Gasteiger partial charge in [-0.3, -0.25) is 0 Å². The molecule has 2 rings (SSSR count). The Morgan fingerprint density at radius 2 is 2.12 bits per heavy atom. The van der Waals surface area contributed by atoms with E-state index in [1.165, 1.54) is 0 Å². The lowest BCUT2D eigenvalue weighted by Gasteiger charge is -2.42. The Hall–Kier alpha value is -1.35. The second kappa shape index (κ2) is 4.26. The van der Waals surface area contributed by atoms with Crippen molar-refractivity contribution in [3.63, 3.8) is 0 Å². The van der Waals surface area contributed by atoms with Gasteiger partial charge in [-0.25, -0.2) is 4.79 Å². The fourth-order valence-corrected chi connectivity index (χ4v) is 2.50. The second-order valence-electron chi connectivity index (χ2n) is 4.42. The second-order valence-corrected chi connectivity index (χ2v) is 4.42. The number of carboxylic acid groups (broad SMARTS) is 1. The number of aromatic carboxylic acids is 1. The van der Waals surface area contributed by atoms with Gasteiger partial charge in [-0.05, 0) is 24.5 Å². The van der Waals surface area contributed by atoms with Gasteiger partial charge in [-0.2, -0.15) is 0 Å². The summed E-state index contributed by atoms with van der Waals surface area (Å²) in [5, 5.41) is 9.18. The maximum atomic E-state index is 11.2. The van der Waals surface area contributed by atoms with E-state index in [9.17, 15) is 9.90 Å². The minimum Gasteiger partial charge on any atom is -0.478 e. The Kier molecular flexibility index (Phi) is 2.97. The minimum absolute atomic E-state index is 0.0657. The Morgan fingerprint density at radius 3 is 2.62 bits per heavy atom. The van der Waals surface area contributed by atoms with Crippen LogP contribution in [0.5, 0.6) is 0 Å². The molecule has 1 aromatic rings. The normalized spacial score (nSPS) is 17.8. The van der Waals surface area contributed by atoms with Gasteiger partial charge in [0.05, 0.1) is 12.2 Å². The van der Waals surface area contributed by atoms with Crippen LogP contribution in [0.25, 0.3) is 0 Å². The van der Waals surface area contributed by atoms with E-state index in [0.717, 1.165) is 24.8 Å². The molecule has 0 amide bonds. The average molecular weight is 220 g/mol. The summed E-state index contributed by atoms with van der Waals surface area (Å²) in [5.41, 5.74) is 1.28. The number of carbonyl (C=O) groups is 1. The zero-order valence-electron chi connectivity index (χ0n) is 9.40. The van der Waals surface area contributed by atoms with E-state index in [1.807, 2.05) is 12.1 Å². The minimum atomic E-state index is -0.849. The molecule has 1 N–H and O–H groups in total. The van der Waals surface area contributed by atoms with E-state index in [-0.39, 0.29) is 5.41 Å². The van der Waals surface area contributed by atoms with Crippen LogP contribution in [-0.2, 0) is 10.2 Å². The smallest absolute Gasteiger partial charge is 0.335 e. The lowest BCUT2D eigenvalue weighted by molar-refractivity contribution is 0.0656. The van der Waals surface area contributed by atoms with Crippen molar-refractivity contribution < 1.29 is 14.6 Å². The zero-order valence-corrected chi connectivity index (χ0v) is 9.40. The molecule has 0 bridgehead atoms. The van der Waals surface area contributed by atoms with E-state index in [1.54, 1.807) is 19.2 Å². The van der Waals surface area contributed by atoms with Crippen LogP contribution in [0, 0.1) is 0 Å². The molecule has 3 heteroatoms. The third kappa shape index (κ3) is 1.71. The van der Waals surface area contributed by atoms with Gasteiger partial charge in [-0.15, -0.1) is 0 Å². The van der Waals surface area contributed by atoms with Gasteiger partial charge >= 0.3 is 5.97 Å². The standard InChI is InChI=1S/C13H16O3/c1-16-9-13(7-4-8-13)11-6-3-2-5-10(11)12(14)15/h2-3,5-6H,4,7-9H2,1H3,(H,14,15). The number of methoxy groups -OCH3 is 1. The Bertz CT molecular complexity index is 394. The van der Waals surface area contributed by atoms with Gasteiger partial charge in [-0.1, -0.05) is 24.6 Å². The molecule has 0 radical (unpaired) electrons. The Labute approximate surface area is 95.0 Å². The number of benzene rings is 1. The summed E-state index contributed by atoms with van der Waals surface area (Å²) in [7, 11) is 1.67. The van der Waals surface area contributed by atoms with Gasteiger partial charge in [0.15, 0.2) is 0 Å². The number of ether oxygens (including phenoxy) is 1. The number of carboxylic acids is 1. The highest BCUT2D eigenvalue weighted by Crippen LogP contribution is 2.45. The first-order valence-corrected chi connectivity index (χ1v) is 5.51. The quantitative estimate of drug-likeness (QED) is 0.847. The predicted octanol–water partition coefficient (Wildman–Crippen LogP) is 2.45. The van der Waals surface area contributed by atoms with Crippen molar-refractivity contribution >= 4 is 5.97 Å². The maximum Gasteiger partial charge on any atom is 0.335 e. The van der Waals surface area contributed by atoms with Crippen molar-refractivity contribution in [2.24, 2.45) is 0 Å². The maximum absolute atomic E-state index is 11.2. The van der Waals surface area contributed by atoms with Gasteiger partial charge < -0.3 is 9.84 Å². The monoisotopic (exact) mass is 220 g/mol. The molecular formula is C13H16O3. The lowest BCUT2D eigenvalue weighted by atomic mass is 9.64. The van der Waals surface area contributed by atoms with E-state index in [0.29, 0.717) is 12.2 Å². The van der Waals surface area contributed by atoms with Crippen LogP contribution in [0.3, 0.4) is 0 Å². The number of hydrogen-bond donors (Lipinski definition) is 1. The first kappa shape index (κ1) is 11.1. The molecule has 0 aromatic heterocycles.